The van der Waals surface area contributed by atoms with E-state index in [0.29, 0.717) is 13.0 Å². The van der Waals surface area contributed by atoms with Crippen LogP contribution in [0.5, 0.6) is 0 Å². The molecule has 1 heterocycles. The standard InChI is InChI=1S/C14H23NO4/c1-3-10-9(6-8-19-10)12(16)15-11-5-4-7-14(11,2)13(17)18/h9-11H,3-8H2,1-2H3,(H,15,16)(H,17,18). The van der Waals surface area contributed by atoms with E-state index < -0.39 is 11.4 Å². The highest BCUT2D eigenvalue weighted by atomic mass is 16.5. The van der Waals surface area contributed by atoms with Gasteiger partial charge in [0.25, 0.3) is 0 Å². The van der Waals surface area contributed by atoms with Gasteiger partial charge in [0.05, 0.1) is 17.4 Å². The van der Waals surface area contributed by atoms with Crippen molar-refractivity contribution in [3.8, 4) is 0 Å². The van der Waals surface area contributed by atoms with Crippen LogP contribution in [0.4, 0.5) is 0 Å². The Morgan fingerprint density at radius 1 is 1.42 bits per heavy atom. The van der Waals surface area contributed by atoms with E-state index >= 15 is 0 Å². The molecule has 4 atom stereocenters. The zero-order chi connectivity index (χ0) is 14.0. The summed E-state index contributed by atoms with van der Waals surface area (Å²) in [5.41, 5.74) is -0.823. The smallest absolute Gasteiger partial charge is 0.311 e. The third-order valence-electron chi connectivity index (χ3n) is 4.71. The summed E-state index contributed by atoms with van der Waals surface area (Å²) in [4.78, 5) is 23.7. The SMILES string of the molecule is CCC1OCCC1C(=O)NC1CCCC1(C)C(=O)O. The van der Waals surface area contributed by atoms with E-state index in [4.69, 9.17) is 4.74 Å². The molecule has 108 valence electrons. The van der Waals surface area contributed by atoms with E-state index in [9.17, 15) is 14.7 Å². The Labute approximate surface area is 113 Å². The number of carbonyl (C=O) groups excluding carboxylic acids is 1. The maximum absolute atomic E-state index is 12.3. The van der Waals surface area contributed by atoms with Crippen molar-refractivity contribution in [3.63, 3.8) is 0 Å². The van der Waals surface area contributed by atoms with Gasteiger partial charge >= 0.3 is 5.97 Å². The van der Waals surface area contributed by atoms with Crippen LogP contribution in [0.2, 0.25) is 0 Å². The quantitative estimate of drug-likeness (QED) is 0.812. The van der Waals surface area contributed by atoms with Crippen LogP contribution in [-0.2, 0) is 14.3 Å². The molecule has 2 N–H and O–H groups in total. The Hall–Kier alpha value is -1.10. The summed E-state index contributed by atoms with van der Waals surface area (Å²) in [5, 5.41) is 12.3. The molecule has 5 heteroatoms. The summed E-state index contributed by atoms with van der Waals surface area (Å²) in [6, 6.07) is -0.254. The lowest BCUT2D eigenvalue weighted by atomic mass is 9.84. The first-order valence-electron chi connectivity index (χ1n) is 7.14. The molecular weight excluding hydrogens is 246 g/mol. The maximum Gasteiger partial charge on any atom is 0.311 e. The summed E-state index contributed by atoms with van der Waals surface area (Å²) >= 11 is 0. The molecule has 2 aliphatic rings. The highest BCUT2D eigenvalue weighted by Gasteiger charge is 2.47. The third-order valence-corrected chi connectivity index (χ3v) is 4.71. The third kappa shape index (κ3) is 2.61. The van der Waals surface area contributed by atoms with Crippen LogP contribution < -0.4 is 5.32 Å². The molecule has 0 radical (unpaired) electrons. The lowest BCUT2D eigenvalue weighted by Crippen LogP contribution is -2.49. The van der Waals surface area contributed by atoms with Gasteiger partial charge in [0.1, 0.15) is 0 Å². The Bertz CT molecular complexity index is 370. The van der Waals surface area contributed by atoms with Gasteiger partial charge in [-0.1, -0.05) is 13.3 Å². The van der Waals surface area contributed by atoms with Crippen molar-refractivity contribution in [2.45, 2.75) is 58.1 Å². The number of carbonyl (C=O) groups is 2. The number of amides is 1. The molecule has 0 aromatic heterocycles. The van der Waals surface area contributed by atoms with Crippen LogP contribution in [-0.4, -0.2) is 35.7 Å². The van der Waals surface area contributed by atoms with Crippen LogP contribution in [0.1, 0.15) is 46.0 Å². The van der Waals surface area contributed by atoms with Crippen molar-refractivity contribution >= 4 is 11.9 Å². The number of rotatable bonds is 4. The minimum absolute atomic E-state index is 0.0162. The fraction of sp³-hybridized carbons (Fsp3) is 0.857. The van der Waals surface area contributed by atoms with Crippen molar-refractivity contribution in [1.29, 1.82) is 0 Å². The molecule has 1 aliphatic carbocycles. The largest absolute Gasteiger partial charge is 0.481 e. The van der Waals surface area contributed by atoms with E-state index in [1.54, 1.807) is 6.92 Å². The highest BCUT2D eigenvalue weighted by molar-refractivity contribution is 5.82. The topological polar surface area (TPSA) is 75.6 Å². The molecule has 2 rings (SSSR count). The van der Waals surface area contributed by atoms with E-state index in [1.807, 2.05) is 6.92 Å². The number of carboxylic acids is 1. The summed E-state index contributed by atoms with van der Waals surface area (Å²) in [6.45, 7) is 4.36. The van der Waals surface area contributed by atoms with Crippen molar-refractivity contribution in [1.82, 2.24) is 5.32 Å². The van der Waals surface area contributed by atoms with Crippen molar-refractivity contribution in [3.05, 3.63) is 0 Å². The van der Waals surface area contributed by atoms with E-state index in [0.717, 1.165) is 25.7 Å². The van der Waals surface area contributed by atoms with Gasteiger partial charge in [0.2, 0.25) is 5.91 Å². The Morgan fingerprint density at radius 3 is 2.79 bits per heavy atom. The van der Waals surface area contributed by atoms with Crippen LogP contribution in [0.15, 0.2) is 0 Å². The van der Waals surface area contributed by atoms with Gasteiger partial charge in [-0.2, -0.15) is 0 Å². The molecule has 0 bridgehead atoms. The normalized spacial score (nSPS) is 38.3. The lowest BCUT2D eigenvalue weighted by molar-refractivity contribution is -0.149. The number of hydrogen-bond acceptors (Lipinski definition) is 3. The highest BCUT2D eigenvalue weighted by Crippen LogP contribution is 2.38. The Kier molecular flexibility index (Phi) is 4.13. The second-order valence-electron chi connectivity index (χ2n) is 5.89. The zero-order valence-electron chi connectivity index (χ0n) is 11.6. The van der Waals surface area contributed by atoms with Crippen LogP contribution in [0.3, 0.4) is 0 Å². The molecule has 1 saturated heterocycles. The van der Waals surface area contributed by atoms with E-state index in [1.165, 1.54) is 0 Å². The minimum Gasteiger partial charge on any atom is -0.481 e. The molecule has 0 aromatic carbocycles. The van der Waals surface area contributed by atoms with Crippen molar-refractivity contribution in [2.75, 3.05) is 6.61 Å². The number of hydrogen-bond donors (Lipinski definition) is 2. The maximum atomic E-state index is 12.3. The van der Waals surface area contributed by atoms with E-state index in [-0.39, 0.29) is 24.0 Å². The van der Waals surface area contributed by atoms with Gasteiger partial charge < -0.3 is 15.2 Å². The molecule has 0 spiro atoms. The van der Waals surface area contributed by atoms with Gasteiger partial charge in [0, 0.05) is 12.6 Å². The zero-order valence-corrected chi connectivity index (χ0v) is 11.6. The number of carboxylic acid groups (broad SMARTS) is 1. The van der Waals surface area contributed by atoms with Crippen molar-refractivity contribution in [2.24, 2.45) is 11.3 Å². The van der Waals surface area contributed by atoms with Gasteiger partial charge in [-0.15, -0.1) is 0 Å². The average molecular weight is 269 g/mol. The minimum atomic E-state index is -0.823. The van der Waals surface area contributed by atoms with E-state index in [2.05, 4.69) is 5.32 Å². The fourth-order valence-corrected chi connectivity index (χ4v) is 3.28. The summed E-state index contributed by atoms with van der Waals surface area (Å²) in [7, 11) is 0. The first-order valence-corrected chi connectivity index (χ1v) is 7.14. The van der Waals surface area contributed by atoms with Crippen LogP contribution in [0, 0.1) is 11.3 Å². The first kappa shape index (κ1) is 14.3. The molecule has 4 unspecified atom stereocenters. The van der Waals surface area contributed by atoms with Crippen LogP contribution >= 0.6 is 0 Å². The molecule has 0 aromatic rings. The Morgan fingerprint density at radius 2 is 2.16 bits per heavy atom. The summed E-state index contributed by atoms with van der Waals surface area (Å²) < 4.78 is 5.52. The second-order valence-corrected chi connectivity index (χ2v) is 5.89. The molecule has 1 amide bonds. The molecule has 1 aliphatic heterocycles. The first-order chi connectivity index (χ1) is 8.99. The molecule has 1 saturated carbocycles. The molecular formula is C14H23NO4. The molecule has 19 heavy (non-hydrogen) atoms. The lowest BCUT2D eigenvalue weighted by Gasteiger charge is -2.29. The predicted octanol–water partition coefficient (Wildman–Crippen LogP) is 1.56. The predicted molar refractivity (Wildman–Crippen MR) is 69.7 cm³/mol. The van der Waals surface area contributed by atoms with Crippen molar-refractivity contribution < 1.29 is 19.4 Å². The van der Waals surface area contributed by atoms with Gasteiger partial charge in [-0.3, -0.25) is 9.59 Å². The second kappa shape index (κ2) is 5.49. The average Bonchev–Trinajstić information content (AvgIpc) is 2.97. The number of aliphatic carboxylic acids is 1. The molecule has 2 fully saturated rings. The van der Waals surface area contributed by atoms with Gasteiger partial charge in [0.15, 0.2) is 0 Å². The van der Waals surface area contributed by atoms with Gasteiger partial charge in [-0.25, -0.2) is 0 Å². The molecule has 5 nitrogen and oxygen atoms in total. The number of ether oxygens (including phenoxy) is 1. The summed E-state index contributed by atoms with van der Waals surface area (Å²) in [6.07, 6.45) is 3.77. The monoisotopic (exact) mass is 269 g/mol. The van der Waals surface area contributed by atoms with Crippen LogP contribution in [0.25, 0.3) is 0 Å². The summed E-state index contributed by atoms with van der Waals surface area (Å²) in [5.74, 6) is -0.975. The fourth-order valence-electron chi connectivity index (χ4n) is 3.28. The van der Waals surface area contributed by atoms with Gasteiger partial charge in [-0.05, 0) is 32.6 Å². The Balaban J connectivity index is 2.00. The number of nitrogens with one attached hydrogen (secondary N) is 1.